The number of sulfonamides is 1. The predicted molar refractivity (Wildman–Crippen MR) is 110 cm³/mol. The Kier molecular flexibility index (Phi) is 6.09. The highest BCUT2D eigenvalue weighted by Gasteiger charge is 2.34. The third-order valence-corrected chi connectivity index (χ3v) is 7.71. The summed E-state index contributed by atoms with van der Waals surface area (Å²) in [5.41, 5.74) is 0.537. The van der Waals surface area contributed by atoms with Crippen molar-refractivity contribution in [2.24, 2.45) is 0 Å². The number of alkyl halides is 3. The van der Waals surface area contributed by atoms with Crippen molar-refractivity contribution in [1.82, 2.24) is 0 Å². The van der Waals surface area contributed by atoms with Crippen molar-refractivity contribution in [2.75, 3.05) is 10.8 Å². The number of halogens is 3. The first kappa shape index (κ1) is 22.1. The summed E-state index contributed by atoms with van der Waals surface area (Å²) >= 11 is 1.12. The van der Waals surface area contributed by atoms with Gasteiger partial charge in [0.1, 0.15) is 5.00 Å². The highest BCUT2D eigenvalue weighted by atomic mass is 32.2. The Bertz CT molecular complexity index is 1170. The zero-order valence-electron chi connectivity index (χ0n) is 15.8. The molecular weight excluding hydrogens is 439 g/mol. The summed E-state index contributed by atoms with van der Waals surface area (Å²) in [6.07, 6.45) is -5.41. The van der Waals surface area contributed by atoms with E-state index in [0.717, 1.165) is 50.0 Å². The number of hydrogen-bond acceptors (Lipinski definition) is 4. The van der Waals surface area contributed by atoms with Crippen molar-refractivity contribution in [2.45, 2.75) is 30.8 Å². The second-order valence-electron chi connectivity index (χ2n) is 6.51. The summed E-state index contributed by atoms with van der Waals surface area (Å²) in [5.74, 6) is -1.23. The number of carbonyl (C=O) groups is 1. The van der Waals surface area contributed by atoms with Crippen molar-refractivity contribution in [3.8, 4) is 0 Å². The molecule has 0 fully saturated rings. The first-order chi connectivity index (χ1) is 14.0. The molecule has 0 saturated heterocycles. The van der Waals surface area contributed by atoms with Gasteiger partial charge < -0.3 is 5.11 Å². The zero-order chi connectivity index (χ0) is 22.1. The van der Waals surface area contributed by atoms with Crippen LogP contribution in [-0.2, 0) is 16.4 Å². The van der Waals surface area contributed by atoms with Gasteiger partial charge in [0.05, 0.1) is 16.9 Å². The summed E-state index contributed by atoms with van der Waals surface area (Å²) in [6.45, 7) is 1.04. The SMILES string of the molecule is CCc1c(N(CCC(F)(F)F)S(=O)(=O)c2ccc(C(=O)O)cc2)sc2ccccc12. The van der Waals surface area contributed by atoms with Crippen molar-refractivity contribution in [3.05, 3.63) is 59.7 Å². The van der Waals surface area contributed by atoms with Crippen LogP contribution in [0.2, 0.25) is 0 Å². The molecular formula is C20H18F3NO4S2. The van der Waals surface area contributed by atoms with Crippen LogP contribution in [0.4, 0.5) is 18.2 Å². The third-order valence-electron chi connectivity index (χ3n) is 4.54. The maximum absolute atomic E-state index is 13.3. The van der Waals surface area contributed by atoms with Crippen LogP contribution in [0.5, 0.6) is 0 Å². The molecule has 160 valence electrons. The average molecular weight is 457 g/mol. The zero-order valence-corrected chi connectivity index (χ0v) is 17.4. The number of rotatable bonds is 7. The lowest BCUT2D eigenvalue weighted by Crippen LogP contribution is -2.34. The van der Waals surface area contributed by atoms with Crippen LogP contribution in [0.3, 0.4) is 0 Å². The number of benzene rings is 2. The molecule has 1 N–H and O–H groups in total. The predicted octanol–water partition coefficient (Wildman–Crippen LogP) is 5.31. The molecule has 10 heteroatoms. The van der Waals surface area contributed by atoms with Crippen LogP contribution in [-0.4, -0.2) is 32.2 Å². The number of aryl methyl sites for hydroxylation is 1. The van der Waals surface area contributed by atoms with Gasteiger partial charge in [-0.05, 0) is 47.7 Å². The van der Waals surface area contributed by atoms with E-state index >= 15 is 0 Å². The lowest BCUT2D eigenvalue weighted by molar-refractivity contribution is -0.131. The van der Waals surface area contributed by atoms with Gasteiger partial charge in [-0.15, -0.1) is 11.3 Å². The molecule has 0 aliphatic rings. The van der Waals surface area contributed by atoms with E-state index in [-0.39, 0.29) is 15.5 Å². The van der Waals surface area contributed by atoms with Gasteiger partial charge in [-0.2, -0.15) is 13.2 Å². The Morgan fingerprint density at radius 2 is 1.73 bits per heavy atom. The quantitative estimate of drug-likeness (QED) is 0.522. The van der Waals surface area contributed by atoms with Crippen LogP contribution < -0.4 is 4.31 Å². The first-order valence-corrected chi connectivity index (χ1v) is 11.2. The van der Waals surface area contributed by atoms with E-state index in [1.165, 1.54) is 0 Å². The number of anilines is 1. The van der Waals surface area contributed by atoms with E-state index in [2.05, 4.69) is 0 Å². The molecule has 0 saturated carbocycles. The number of fused-ring (bicyclic) bond motifs is 1. The van der Waals surface area contributed by atoms with Crippen LogP contribution in [0, 0.1) is 0 Å². The molecule has 1 heterocycles. The second-order valence-corrected chi connectivity index (χ2v) is 9.40. The number of carboxylic acid groups (broad SMARTS) is 1. The Hall–Kier alpha value is -2.59. The van der Waals surface area contributed by atoms with Crippen LogP contribution >= 0.6 is 11.3 Å². The normalized spacial score (nSPS) is 12.3. The lowest BCUT2D eigenvalue weighted by Gasteiger charge is -2.25. The molecule has 0 aliphatic carbocycles. The summed E-state index contributed by atoms with van der Waals surface area (Å²) < 4.78 is 67.1. The molecule has 3 aromatic rings. The molecule has 0 atom stereocenters. The largest absolute Gasteiger partial charge is 0.478 e. The molecule has 5 nitrogen and oxygen atoms in total. The number of aromatic carboxylic acids is 1. The molecule has 2 aromatic carbocycles. The summed E-state index contributed by atoms with van der Waals surface area (Å²) in [4.78, 5) is 10.8. The number of carboxylic acids is 1. The smallest absolute Gasteiger partial charge is 0.390 e. The van der Waals surface area contributed by atoms with Crippen molar-refractivity contribution >= 4 is 42.4 Å². The number of nitrogens with zero attached hydrogens (tertiary/aromatic N) is 1. The van der Waals surface area contributed by atoms with Gasteiger partial charge in [0.15, 0.2) is 0 Å². The Morgan fingerprint density at radius 1 is 1.10 bits per heavy atom. The minimum atomic E-state index is -4.54. The highest BCUT2D eigenvalue weighted by molar-refractivity contribution is 7.93. The fourth-order valence-corrected chi connectivity index (χ4v) is 6.11. The molecule has 0 bridgehead atoms. The van der Waals surface area contributed by atoms with Crippen molar-refractivity contribution in [3.63, 3.8) is 0 Å². The van der Waals surface area contributed by atoms with E-state index in [1.54, 1.807) is 18.2 Å². The fourth-order valence-electron chi connectivity index (χ4n) is 3.08. The molecule has 0 amide bonds. The third kappa shape index (κ3) is 4.44. The number of thiophene rings is 1. The Morgan fingerprint density at radius 3 is 2.30 bits per heavy atom. The molecule has 3 rings (SSSR count). The molecule has 1 aromatic heterocycles. The molecule has 0 aliphatic heterocycles. The monoisotopic (exact) mass is 457 g/mol. The molecule has 0 spiro atoms. The van der Waals surface area contributed by atoms with E-state index in [9.17, 15) is 26.4 Å². The van der Waals surface area contributed by atoms with Gasteiger partial charge in [0, 0.05) is 11.2 Å². The first-order valence-electron chi connectivity index (χ1n) is 8.98. The van der Waals surface area contributed by atoms with Gasteiger partial charge in [-0.3, -0.25) is 4.31 Å². The maximum atomic E-state index is 13.3. The minimum Gasteiger partial charge on any atom is -0.478 e. The summed E-state index contributed by atoms with van der Waals surface area (Å²) in [7, 11) is -4.35. The van der Waals surface area contributed by atoms with Crippen molar-refractivity contribution in [1.29, 1.82) is 0 Å². The minimum absolute atomic E-state index is 0.119. The van der Waals surface area contributed by atoms with E-state index in [0.29, 0.717) is 12.0 Å². The van der Waals surface area contributed by atoms with Gasteiger partial charge in [0.2, 0.25) is 0 Å². The van der Waals surface area contributed by atoms with Crippen molar-refractivity contribution < 1.29 is 31.5 Å². The molecule has 0 unspecified atom stereocenters. The van der Waals surface area contributed by atoms with E-state index < -0.39 is 35.1 Å². The van der Waals surface area contributed by atoms with Gasteiger partial charge in [-0.25, -0.2) is 13.2 Å². The average Bonchev–Trinajstić information content (AvgIpc) is 3.05. The Balaban J connectivity index is 2.14. The highest BCUT2D eigenvalue weighted by Crippen LogP contribution is 2.41. The fraction of sp³-hybridized carbons (Fsp3) is 0.250. The van der Waals surface area contributed by atoms with E-state index in [4.69, 9.17) is 5.11 Å². The standard InChI is InChI=1S/C20H18F3NO4S2/c1-2-15-16-5-3-4-6-17(16)29-18(15)24(12-11-20(21,22)23)30(27,28)14-9-7-13(8-10-14)19(25)26/h3-10H,2,11-12H2,1H3,(H,25,26). The maximum Gasteiger partial charge on any atom is 0.390 e. The molecule has 0 radical (unpaired) electrons. The van der Waals surface area contributed by atoms with Gasteiger partial charge >= 0.3 is 12.1 Å². The summed E-state index contributed by atoms with van der Waals surface area (Å²) in [6, 6.07) is 11.6. The van der Waals surface area contributed by atoms with Crippen LogP contribution in [0.25, 0.3) is 10.1 Å². The lowest BCUT2D eigenvalue weighted by atomic mass is 10.1. The number of hydrogen-bond donors (Lipinski definition) is 1. The summed E-state index contributed by atoms with van der Waals surface area (Å²) in [5, 5.41) is 10.0. The van der Waals surface area contributed by atoms with Crippen LogP contribution in [0.15, 0.2) is 53.4 Å². The topological polar surface area (TPSA) is 74.7 Å². The Labute approximate surface area is 175 Å². The molecule has 30 heavy (non-hydrogen) atoms. The van der Waals surface area contributed by atoms with Crippen LogP contribution in [0.1, 0.15) is 29.3 Å². The second kappa shape index (κ2) is 8.27. The van der Waals surface area contributed by atoms with Gasteiger partial charge in [-0.1, -0.05) is 25.1 Å². The van der Waals surface area contributed by atoms with E-state index in [1.807, 2.05) is 13.0 Å². The van der Waals surface area contributed by atoms with Gasteiger partial charge in [0.25, 0.3) is 10.0 Å².